The molecule has 0 aromatic carbocycles. The van der Waals surface area contributed by atoms with E-state index in [1.807, 2.05) is 18.2 Å². The van der Waals surface area contributed by atoms with Gasteiger partial charge in [-0.3, -0.25) is 0 Å². The number of pyridine rings is 1. The second-order valence-electron chi connectivity index (χ2n) is 5.93. The van der Waals surface area contributed by atoms with E-state index in [0.717, 1.165) is 42.8 Å². The number of likely N-dealkylation sites (tertiary alicyclic amines) is 1. The van der Waals surface area contributed by atoms with Gasteiger partial charge in [-0.15, -0.1) is 0 Å². The monoisotopic (exact) mass is 391 g/mol. The second-order valence-corrected chi connectivity index (χ2v) is 6.74. The number of ether oxygens (including phenoxy) is 1. The molecule has 0 amide bonds. The molecule has 2 N–H and O–H groups in total. The topological polar surface area (TPSA) is 77.2 Å². The molecule has 7 heteroatoms. The van der Waals surface area contributed by atoms with Crippen molar-refractivity contribution in [3.63, 3.8) is 0 Å². The Bertz CT molecular complexity index is 716. The Hall–Kier alpha value is -1.73. The minimum Gasteiger partial charge on any atom is -0.494 e. The van der Waals surface area contributed by atoms with Crippen molar-refractivity contribution in [1.29, 1.82) is 0 Å². The van der Waals surface area contributed by atoms with Crippen LogP contribution in [0.3, 0.4) is 0 Å². The quantitative estimate of drug-likeness (QED) is 0.806. The van der Waals surface area contributed by atoms with Crippen LogP contribution in [0.4, 0.5) is 5.95 Å². The standard InChI is InChI=1S/C17H22BrN5O/c1-3-23-8-6-11(7-9-23)12-10-13(21-17(19)20-12)16-14(24-2)4-5-15(18)22-16/h4-5,10-11H,3,6-9H2,1-2H3,(H2,19,20,21). The van der Waals surface area contributed by atoms with Gasteiger partial charge in [-0.1, -0.05) is 6.92 Å². The summed E-state index contributed by atoms with van der Waals surface area (Å²) < 4.78 is 6.15. The van der Waals surface area contributed by atoms with Gasteiger partial charge in [-0.05, 0) is 66.6 Å². The van der Waals surface area contributed by atoms with E-state index in [2.05, 4.69) is 42.7 Å². The Morgan fingerprint density at radius 2 is 2.00 bits per heavy atom. The van der Waals surface area contributed by atoms with Gasteiger partial charge in [-0.25, -0.2) is 15.0 Å². The summed E-state index contributed by atoms with van der Waals surface area (Å²) in [5.74, 6) is 1.36. The molecule has 1 aliphatic rings. The molecule has 0 atom stereocenters. The van der Waals surface area contributed by atoms with Crippen LogP contribution in [0.2, 0.25) is 0 Å². The predicted octanol–water partition coefficient (Wildman–Crippen LogP) is 3.09. The average molecular weight is 392 g/mol. The second kappa shape index (κ2) is 7.44. The Morgan fingerprint density at radius 1 is 1.25 bits per heavy atom. The van der Waals surface area contributed by atoms with Gasteiger partial charge in [0.2, 0.25) is 5.95 Å². The van der Waals surface area contributed by atoms with E-state index in [0.29, 0.717) is 23.1 Å². The SMILES string of the molecule is CCN1CCC(c2cc(-c3nc(Br)ccc3OC)nc(N)n2)CC1. The molecule has 3 heterocycles. The number of anilines is 1. The average Bonchev–Trinajstić information content (AvgIpc) is 2.61. The minimum absolute atomic E-state index is 0.282. The van der Waals surface area contributed by atoms with Crippen molar-refractivity contribution in [2.24, 2.45) is 0 Å². The summed E-state index contributed by atoms with van der Waals surface area (Å²) in [6, 6.07) is 5.71. The summed E-state index contributed by atoms with van der Waals surface area (Å²) in [4.78, 5) is 15.8. The van der Waals surface area contributed by atoms with Gasteiger partial charge in [0.1, 0.15) is 16.0 Å². The fourth-order valence-corrected chi connectivity index (χ4v) is 3.44. The number of hydrogen-bond acceptors (Lipinski definition) is 6. The number of nitrogens with two attached hydrogens (primary N) is 1. The molecule has 24 heavy (non-hydrogen) atoms. The van der Waals surface area contributed by atoms with E-state index in [1.54, 1.807) is 7.11 Å². The molecular weight excluding hydrogens is 370 g/mol. The highest BCUT2D eigenvalue weighted by Gasteiger charge is 2.22. The van der Waals surface area contributed by atoms with Gasteiger partial charge in [0.25, 0.3) is 0 Å². The number of hydrogen-bond donors (Lipinski definition) is 1. The number of aromatic nitrogens is 3. The Morgan fingerprint density at radius 3 is 2.67 bits per heavy atom. The van der Waals surface area contributed by atoms with Crippen LogP contribution in [-0.2, 0) is 0 Å². The third kappa shape index (κ3) is 3.67. The van der Waals surface area contributed by atoms with Crippen LogP contribution < -0.4 is 10.5 Å². The third-order valence-electron chi connectivity index (χ3n) is 4.50. The van der Waals surface area contributed by atoms with E-state index in [4.69, 9.17) is 10.5 Å². The van der Waals surface area contributed by atoms with E-state index >= 15 is 0 Å². The smallest absolute Gasteiger partial charge is 0.220 e. The number of methoxy groups -OCH3 is 1. The van der Waals surface area contributed by atoms with Crippen LogP contribution in [0.5, 0.6) is 5.75 Å². The van der Waals surface area contributed by atoms with Gasteiger partial charge in [0.15, 0.2) is 0 Å². The van der Waals surface area contributed by atoms with Crippen LogP contribution in [0.15, 0.2) is 22.8 Å². The molecule has 0 aliphatic carbocycles. The molecule has 1 aliphatic heterocycles. The molecule has 2 aromatic heterocycles. The van der Waals surface area contributed by atoms with E-state index in [1.165, 1.54) is 0 Å². The third-order valence-corrected chi connectivity index (χ3v) is 4.94. The van der Waals surface area contributed by atoms with E-state index < -0.39 is 0 Å². The maximum absolute atomic E-state index is 5.97. The highest BCUT2D eigenvalue weighted by atomic mass is 79.9. The number of piperidine rings is 1. The summed E-state index contributed by atoms with van der Waals surface area (Å²) in [6.45, 7) is 5.49. The molecule has 2 aromatic rings. The molecule has 1 saturated heterocycles. The zero-order chi connectivity index (χ0) is 17.1. The fourth-order valence-electron chi connectivity index (χ4n) is 3.13. The van der Waals surface area contributed by atoms with E-state index in [-0.39, 0.29) is 5.95 Å². The molecule has 0 unspecified atom stereocenters. The fraction of sp³-hybridized carbons (Fsp3) is 0.471. The van der Waals surface area contributed by atoms with Crippen molar-refractivity contribution in [2.75, 3.05) is 32.5 Å². The highest BCUT2D eigenvalue weighted by Crippen LogP contribution is 2.32. The summed E-state index contributed by atoms with van der Waals surface area (Å²) in [5, 5.41) is 0. The summed E-state index contributed by atoms with van der Waals surface area (Å²) in [6.07, 6.45) is 2.18. The maximum atomic E-state index is 5.97. The van der Waals surface area contributed by atoms with Crippen LogP contribution in [0, 0.1) is 0 Å². The summed E-state index contributed by atoms with van der Waals surface area (Å²) in [5.41, 5.74) is 8.35. The molecule has 0 bridgehead atoms. The minimum atomic E-state index is 0.282. The Kier molecular flexibility index (Phi) is 5.30. The molecule has 0 spiro atoms. The largest absolute Gasteiger partial charge is 0.494 e. The van der Waals surface area contributed by atoms with Crippen molar-refractivity contribution in [3.05, 3.63) is 28.5 Å². The van der Waals surface area contributed by atoms with Gasteiger partial charge in [0, 0.05) is 11.6 Å². The lowest BCUT2D eigenvalue weighted by Gasteiger charge is -2.30. The summed E-state index contributed by atoms with van der Waals surface area (Å²) in [7, 11) is 1.63. The zero-order valence-electron chi connectivity index (χ0n) is 14.0. The first-order valence-electron chi connectivity index (χ1n) is 8.18. The molecule has 0 saturated carbocycles. The maximum Gasteiger partial charge on any atom is 0.220 e. The first kappa shape index (κ1) is 17.1. The first-order valence-corrected chi connectivity index (χ1v) is 8.97. The number of nitrogen functional groups attached to an aromatic ring is 1. The lowest BCUT2D eigenvalue weighted by Crippen LogP contribution is -2.32. The van der Waals surface area contributed by atoms with Crippen molar-refractivity contribution in [1.82, 2.24) is 19.9 Å². The zero-order valence-corrected chi connectivity index (χ0v) is 15.6. The normalized spacial score (nSPS) is 16.3. The molecule has 3 rings (SSSR count). The molecular formula is C17H22BrN5O. The van der Waals surface area contributed by atoms with E-state index in [9.17, 15) is 0 Å². The number of nitrogens with zero attached hydrogens (tertiary/aromatic N) is 4. The van der Waals surface area contributed by atoms with Gasteiger partial charge < -0.3 is 15.4 Å². The molecule has 0 radical (unpaired) electrons. The van der Waals surface area contributed by atoms with Crippen molar-refractivity contribution >= 4 is 21.9 Å². The van der Waals surface area contributed by atoms with Gasteiger partial charge >= 0.3 is 0 Å². The predicted molar refractivity (Wildman–Crippen MR) is 98.0 cm³/mol. The van der Waals surface area contributed by atoms with Gasteiger partial charge in [-0.2, -0.15) is 0 Å². The lowest BCUT2D eigenvalue weighted by molar-refractivity contribution is 0.221. The van der Waals surface area contributed by atoms with Crippen LogP contribution in [0.25, 0.3) is 11.4 Å². The number of rotatable bonds is 4. The Balaban J connectivity index is 1.94. The molecule has 1 fully saturated rings. The first-order chi connectivity index (χ1) is 11.6. The summed E-state index contributed by atoms with van der Waals surface area (Å²) >= 11 is 3.40. The van der Waals surface area contributed by atoms with Crippen molar-refractivity contribution < 1.29 is 4.74 Å². The number of halogens is 1. The van der Waals surface area contributed by atoms with Crippen LogP contribution >= 0.6 is 15.9 Å². The van der Waals surface area contributed by atoms with Gasteiger partial charge in [0.05, 0.1) is 12.8 Å². The van der Waals surface area contributed by atoms with Crippen molar-refractivity contribution in [2.45, 2.75) is 25.7 Å². The lowest BCUT2D eigenvalue weighted by atomic mass is 9.92. The van der Waals surface area contributed by atoms with Crippen LogP contribution in [-0.4, -0.2) is 46.6 Å². The molecule has 6 nitrogen and oxygen atoms in total. The van der Waals surface area contributed by atoms with Crippen LogP contribution in [0.1, 0.15) is 31.4 Å². The highest BCUT2D eigenvalue weighted by molar-refractivity contribution is 9.10. The van der Waals surface area contributed by atoms with Crippen molar-refractivity contribution in [3.8, 4) is 17.1 Å². The molecule has 128 valence electrons. The Labute approximate surface area is 150 Å².